The number of aromatic nitrogens is 3. The average molecular weight is 642 g/mol. The molecule has 0 fully saturated rings. The van der Waals surface area contributed by atoms with E-state index in [0.29, 0.717) is 17.5 Å². The number of para-hydroxylation sites is 2. The molecule has 7 aromatic carbocycles. The van der Waals surface area contributed by atoms with Gasteiger partial charge in [-0.05, 0) is 41.0 Å². The van der Waals surface area contributed by atoms with Crippen LogP contribution in [0.3, 0.4) is 0 Å². The minimum Gasteiger partial charge on any atom is -0.456 e. The molecule has 0 saturated carbocycles. The largest absolute Gasteiger partial charge is 0.456 e. The summed E-state index contributed by atoms with van der Waals surface area (Å²) in [5, 5.41) is 4.11. The van der Waals surface area contributed by atoms with Crippen molar-refractivity contribution >= 4 is 43.9 Å². The van der Waals surface area contributed by atoms with Gasteiger partial charge in [0.2, 0.25) is 0 Å². The predicted molar refractivity (Wildman–Crippen MR) is 202 cm³/mol. The van der Waals surface area contributed by atoms with Crippen molar-refractivity contribution in [1.82, 2.24) is 15.0 Å². The number of benzene rings is 7. The Morgan fingerprint density at radius 1 is 0.320 bits per heavy atom. The van der Waals surface area contributed by atoms with Crippen molar-refractivity contribution in [3.8, 4) is 56.4 Å². The standard InChI is InChI=1S/C45H27N3O2/c1-3-11-28(12-4-1)29-21-23-30(24-22-29)33-16-9-17-36-41-37(18-10-20-39(41)50-42(33)36)45-47-43(31-13-5-2-6-14-31)46-44(48-45)32-25-26-35-34-15-7-8-19-38(34)49-40(35)27-32/h1-27H. The topological polar surface area (TPSA) is 65.0 Å². The molecular weight excluding hydrogens is 615 g/mol. The number of nitrogens with zero attached hydrogens (tertiary/aromatic N) is 3. The van der Waals surface area contributed by atoms with Crippen LogP contribution in [0.25, 0.3) is 100 Å². The maximum absolute atomic E-state index is 6.64. The summed E-state index contributed by atoms with van der Waals surface area (Å²) in [7, 11) is 0. The molecule has 3 heterocycles. The highest BCUT2D eigenvalue weighted by Crippen LogP contribution is 2.41. The van der Waals surface area contributed by atoms with E-state index in [2.05, 4.69) is 91.0 Å². The second-order valence-electron chi connectivity index (χ2n) is 12.4. The average Bonchev–Trinajstić information content (AvgIpc) is 3.77. The lowest BCUT2D eigenvalue weighted by molar-refractivity contribution is 0.669. The van der Waals surface area contributed by atoms with E-state index >= 15 is 0 Å². The molecule has 3 aromatic heterocycles. The molecule has 0 spiro atoms. The first-order valence-corrected chi connectivity index (χ1v) is 16.6. The Morgan fingerprint density at radius 3 is 1.70 bits per heavy atom. The van der Waals surface area contributed by atoms with Gasteiger partial charge in [-0.1, -0.05) is 140 Å². The van der Waals surface area contributed by atoms with Crippen LogP contribution in [0.5, 0.6) is 0 Å². The van der Waals surface area contributed by atoms with Crippen LogP contribution in [-0.4, -0.2) is 15.0 Å². The molecule has 0 radical (unpaired) electrons. The number of hydrogen-bond donors (Lipinski definition) is 0. The second-order valence-corrected chi connectivity index (χ2v) is 12.4. The van der Waals surface area contributed by atoms with E-state index in [4.69, 9.17) is 23.8 Å². The van der Waals surface area contributed by atoms with E-state index in [1.165, 1.54) is 11.1 Å². The molecule has 0 aliphatic carbocycles. The lowest BCUT2D eigenvalue weighted by Gasteiger charge is -2.09. The van der Waals surface area contributed by atoms with Crippen molar-refractivity contribution in [3.63, 3.8) is 0 Å². The first-order valence-electron chi connectivity index (χ1n) is 16.6. The number of rotatable bonds is 5. The van der Waals surface area contributed by atoms with E-state index in [0.717, 1.165) is 71.7 Å². The van der Waals surface area contributed by atoms with Crippen LogP contribution < -0.4 is 0 Å². The molecule has 0 saturated heterocycles. The van der Waals surface area contributed by atoms with Crippen molar-refractivity contribution in [3.05, 3.63) is 164 Å². The monoisotopic (exact) mass is 641 g/mol. The van der Waals surface area contributed by atoms with Gasteiger partial charge in [-0.2, -0.15) is 0 Å². The summed E-state index contributed by atoms with van der Waals surface area (Å²) < 4.78 is 12.9. The third kappa shape index (κ3) is 4.67. The summed E-state index contributed by atoms with van der Waals surface area (Å²) in [5.74, 6) is 1.74. The van der Waals surface area contributed by atoms with Crippen LogP contribution in [0.15, 0.2) is 173 Å². The molecule has 0 N–H and O–H groups in total. The van der Waals surface area contributed by atoms with Gasteiger partial charge in [0.15, 0.2) is 17.5 Å². The lowest BCUT2D eigenvalue weighted by atomic mass is 9.98. The van der Waals surface area contributed by atoms with Crippen LogP contribution in [0.2, 0.25) is 0 Å². The van der Waals surface area contributed by atoms with Gasteiger partial charge in [-0.25, -0.2) is 15.0 Å². The van der Waals surface area contributed by atoms with E-state index in [1.807, 2.05) is 72.8 Å². The highest BCUT2D eigenvalue weighted by Gasteiger charge is 2.20. The van der Waals surface area contributed by atoms with Crippen molar-refractivity contribution in [2.45, 2.75) is 0 Å². The molecule has 0 amide bonds. The Hall–Kier alpha value is -6.85. The normalized spacial score (nSPS) is 11.6. The minimum atomic E-state index is 0.570. The predicted octanol–water partition coefficient (Wildman–Crippen LogP) is 12.0. The Labute approximate surface area is 287 Å². The first-order chi connectivity index (χ1) is 24.8. The molecule has 10 aromatic rings. The third-order valence-electron chi connectivity index (χ3n) is 9.37. The molecule has 234 valence electrons. The van der Waals surface area contributed by atoms with Gasteiger partial charge >= 0.3 is 0 Å². The first kappa shape index (κ1) is 28.2. The van der Waals surface area contributed by atoms with Crippen molar-refractivity contribution in [1.29, 1.82) is 0 Å². The number of hydrogen-bond acceptors (Lipinski definition) is 5. The minimum absolute atomic E-state index is 0.570. The smallest absolute Gasteiger partial charge is 0.164 e. The SMILES string of the molecule is c1ccc(-c2ccc(-c3cccc4c3oc3cccc(-c5nc(-c6ccccc6)nc(-c6ccc7c(c6)oc6ccccc67)n5)c34)cc2)cc1. The third-order valence-corrected chi connectivity index (χ3v) is 9.37. The Bertz CT molecular complexity index is 2850. The summed E-state index contributed by atoms with van der Waals surface area (Å²) in [6, 6.07) is 55.7. The summed E-state index contributed by atoms with van der Waals surface area (Å²) in [4.78, 5) is 15.2. The van der Waals surface area contributed by atoms with Crippen molar-refractivity contribution in [2.75, 3.05) is 0 Å². The summed E-state index contributed by atoms with van der Waals surface area (Å²) in [5.41, 5.74) is 10.4. The quantitative estimate of drug-likeness (QED) is 0.187. The van der Waals surface area contributed by atoms with E-state index in [-0.39, 0.29) is 0 Å². The molecule has 0 aliphatic rings. The maximum Gasteiger partial charge on any atom is 0.164 e. The van der Waals surface area contributed by atoms with E-state index < -0.39 is 0 Å². The molecule has 0 unspecified atom stereocenters. The summed E-state index contributed by atoms with van der Waals surface area (Å²) >= 11 is 0. The van der Waals surface area contributed by atoms with Gasteiger partial charge in [0.1, 0.15) is 22.3 Å². The second kappa shape index (κ2) is 11.4. The van der Waals surface area contributed by atoms with Crippen molar-refractivity contribution < 1.29 is 8.83 Å². The molecule has 0 atom stereocenters. The van der Waals surface area contributed by atoms with Crippen molar-refractivity contribution in [2.24, 2.45) is 0 Å². The Kier molecular flexibility index (Phi) is 6.42. The van der Waals surface area contributed by atoms with Crippen LogP contribution in [0.1, 0.15) is 0 Å². The molecule has 5 heteroatoms. The summed E-state index contributed by atoms with van der Waals surface area (Å²) in [6.45, 7) is 0. The fraction of sp³-hybridized carbons (Fsp3) is 0. The van der Waals surface area contributed by atoms with Gasteiger partial charge < -0.3 is 8.83 Å². The lowest BCUT2D eigenvalue weighted by Crippen LogP contribution is -2.00. The van der Waals surface area contributed by atoms with Crippen LogP contribution in [0.4, 0.5) is 0 Å². The Morgan fingerprint density at radius 2 is 0.880 bits per heavy atom. The van der Waals surface area contributed by atoms with Gasteiger partial charge in [0, 0.05) is 43.8 Å². The number of furan rings is 2. The number of fused-ring (bicyclic) bond motifs is 6. The van der Waals surface area contributed by atoms with Crippen LogP contribution in [0, 0.1) is 0 Å². The van der Waals surface area contributed by atoms with Gasteiger partial charge in [-0.15, -0.1) is 0 Å². The highest BCUT2D eigenvalue weighted by molar-refractivity contribution is 6.15. The maximum atomic E-state index is 6.64. The van der Waals surface area contributed by atoms with Crippen LogP contribution in [-0.2, 0) is 0 Å². The summed E-state index contributed by atoms with van der Waals surface area (Å²) in [6.07, 6.45) is 0. The molecule has 50 heavy (non-hydrogen) atoms. The fourth-order valence-electron chi connectivity index (χ4n) is 6.94. The fourth-order valence-corrected chi connectivity index (χ4v) is 6.94. The highest BCUT2D eigenvalue weighted by atomic mass is 16.3. The van der Waals surface area contributed by atoms with E-state index in [1.54, 1.807) is 0 Å². The molecule has 0 aliphatic heterocycles. The van der Waals surface area contributed by atoms with Crippen LogP contribution >= 0.6 is 0 Å². The van der Waals surface area contributed by atoms with Gasteiger partial charge in [-0.3, -0.25) is 0 Å². The molecule has 0 bridgehead atoms. The molecule has 10 rings (SSSR count). The molecular formula is C45H27N3O2. The zero-order chi connectivity index (χ0) is 33.0. The Balaban J connectivity index is 1.14. The zero-order valence-corrected chi connectivity index (χ0v) is 26.7. The van der Waals surface area contributed by atoms with Gasteiger partial charge in [0.05, 0.1) is 0 Å². The molecule has 5 nitrogen and oxygen atoms in total. The van der Waals surface area contributed by atoms with E-state index in [9.17, 15) is 0 Å². The van der Waals surface area contributed by atoms with Gasteiger partial charge in [0.25, 0.3) is 0 Å². The zero-order valence-electron chi connectivity index (χ0n) is 26.7.